The zero-order valence-corrected chi connectivity index (χ0v) is 18.2. The van der Waals surface area contributed by atoms with Gasteiger partial charge in [-0.1, -0.05) is 25.5 Å². The molecule has 0 saturated carbocycles. The van der Waals surface area contributed by atoms with E-state index in [4.69, 9.17) is 9.47 Å². The summed E-state index contributed by atoms with van der Waals surface area (Å²) in [6.07, 6.45) is 6.44. The summed E-state index contributed by atoms with van der Waals surface area (Å²) >= 11 is 0. The van der Waals surface area contributed by atoms with Gasteiger partial charge in [0, 0.05) is 20.1 Å². The molecular formula is C21H38N2O4. The maximum Gasteiger partial charge on any atom is 0.323 e. The van der Waals surface area contributed by atoms with E-state index < -0.39 is 17.2 Å². The Bertz CT molecular complexity index is 541. The van der Waals surface area contributed by atoms with Crippen molar-refractivity contribution < 1.29 is 19.1 Å². The Balaban J connectivity index is 3.17. The van der Waals surface area contributed by atoms with Gasteiger partial charge in [-0.25, -0.2) is 0 Å². The molecule has 0 aromatic heterocycles. The van der Waals surface area contributed by atoms with E-state index in [0.717, 1.165) is 12.8 Å². The highest BCUT2D eigenvalue weighted by Gasteiger charge is 2.48. The van der Waals surface area contributed by atoms with Crippen LogP contribution in [-0.4, -0.2) is 48.3 Å². The van der Waals surface area contributed by atoms with Gasteiger partial charge < -0.3 is 14.8 Å². The lowest BCUT2D eigenvalue weighted by molar-refractivity contribution is -0.157. The van der Waals surface area contributed by atoms with Crippen LogP contribution in [-0.2, 0) is 19.1 Å². The number of esters is 1. The molecule has 1 amide bonds. The number of rotatable bonds is 8. The van der Waals surface area contributed by atoms with Gasteiger partial charge in [-0.05, 0) is 53.4 Å². The molecule has 0 unspecified atom stereocenters. The third-order valence-corrected chi connectivity index (χ3v) is 5.08. The predicted octanol–water partition coefficient (Wildman–Crippen LogP) is 2.96. The Morgan fingerprint density at radius 2 is 1.93 bits per heavy atom. The fourth-order valence-corrected chi connectivity index (χ4v) is 3.89. The largest absolute Gasteiger partial charge is 0.459 e. The average Bonchev–Trinajstić information content (AvgIpc) is 2.95. The molecule has 0 bridgehead atoms. The van der Waals surface area contributed by atoms with Crippen molar-refractivity contribution >= 4 is 11.9 Å². The molecule has 1 rings (SSSR count). The first kappa shape index (κ1) is 23.6. The van der Waals surface area contributed by atoms with Gasteiger partial charge in [-0.15, -0.1) is 0 Å². The van der Waals surface area contributed by atoms with Crippen molar-refractivity contribution in [2.75, 3.05) is 7.11 Å². The smallest absolute Gasteiger partial charge is 0.323 e. The molecule has 6 nitrogen and oxygen atoms in total. The minimum atomic E-state index is -0.541. The van der Waals surface area contributed by atoms with Crippen molar-refractivity contribution in [3.63, 3.8) is 0 Å². The van der Waals surface area contributed by atoms with Crippen LogP contribution in [0.2, 0.25) is 0 Å². The molecule has 156 valence electrons. The van der Waals surface area contributed by atoms with Crippen molar-refractivity contribution in [1.82, 2.24) is 10.6 Å². The number of carbonyl (C=O) groups excluding carboxylic acids is 2. The van der Waals surface area contributed by atoms with E-state index in [0.29, 0.717) is 6.42 Å². The maximum absolute atomic E-state index is 12.6. The molecule has 0 aromatic rings. The molecule has 0 radical (unpaired) electrons. The number of hydrogen-bond donors (Lipinski definition) is 2. The summed E-state index contributed by atoms with van der Waals surface area (Å²) in [7, 11) is 1.68. The second-order valence-corrected chi connectivity index (χ2v) is 8.65. The second kappa shape index (κ2) is 9.69. The van der Waals surface area contributed by atoms with Gasteiger partial charge in [-0.3, -0.25) is 14.9 Å². The van der Waals surface area contributed by atoms with Crippen LogP contribution in [0, 0.1) is 5.92 Å². The molecule has 1 saturated heterocycles. The van der Waals surface area contributed by atoms with Gasteiger partial charge in [0.25, 0.3) is 0 Å². The molecule has 27 heavy (non-hydrogen) atoms. The summed E-state index contributed by atoms with van der Waals surface area (Å²) in [6, 6.07) is -0.804. The van der Waals surface area contributed by atoms with Crippen LogP contribution in [0.25, 0.3) is 0 Å². The van der Waals surface area contributed by atoms with E-state index >= 15 is 0 Å². The van der Waals surface area contributed by atoms with E-state index in [9.17, 15) is 9.59 Å². The van der Waals surface area contributed by atoms with Crippen LogP contribution in [0.1, 0.15) is 67.7 Å². The first-order valence-electron chi connectivity index (χ1n) is 9.91. The van der Waals surface area contributed by atoms with Crippen LogP contribution in [0.3, 0.4) is 0 Å². The number of hydrogen-bond acceptors (Lipinski definition) is 5. The molecule has 1 aliphatic heterocycles. The lowest BCUT2D eigenvalue weighted by Crippen LogP contribution is -2.62. The lowest BCUT2D eigenvalue weighted by atomic mass is 9.81. The van der Waals surface area contributed by atoms with Gasteiger partial charge in [0.2, 0.25) is 5.91 Å². The summed E-state index contributed by atoms with van der Waals surface area (Å²) < 4.78 is 11.4. The lowest BCUT2D eigenvalue weighted by Gasteiger charge is -2.41. The second-order valence-electron chi connectivity index (χ2n) is 8.65. The first-order valence-corrected chi connectivity index (χ1v) is 9.91. The van der Waals surface area contributed by atoms with Gasteiger partial charge >= 0.3 is 5.97 Å². The summed E-state index contributed by atoms with van der Waals surface area (Å²) in [5.41, 5.74) is -1.08. The third-order valence-electron chi connectivity index (χ3n) is 5.08. The SMILES string of the molecule is C/C=C\[C@@H]1C[C@H](C(=O)OC(C)(C)C)N[C@H]1[C@@H](NC(C)=O)[C@](C)(CCC)OC. The van der Waals surface area contributed by atoms with Crippen molar-refractivity contribution in [2.45, 2.75) is 97.1 Å². The number of amides is 1. The highest BCUT2D eigenvalue weighted by atomic mass is 16.6. The molecule has 1 fully saturated rings. The van der Waals surface area contributed by atoms with E-state index in [2.05, 4.69) is 23.6 Å². The van der Waals surface area contributed by atoms with Gasteiger partial charge in [0.1, 0.15) is 11.6 Å². The first-order chi connectivity index (χ1) is 12.5. The summed E-state index contributed by atoms with van der Waals surface area (Å²) in [5.74, 6) is -0.271. The van der Waals surface area contributed by atoms with Crippen molar-refractivity contribution in [1.29, 1.82) is 0 Å². The number of ether oxygens (including phenoxy) is 2. The minimum absolute atomic E-state index is 0.0932. The van der Waals surface area contributed by atoms with Gasteiger partial charge in [0.15, 0.2) is 0 Å². The molecule has 1 aliphatic rings. The van der Waals surface area contributed by atoms with Gasteiger partial charge in [0.05, 0.1) is 11.6 Å². The van der Waals surface area contributed by atoms with E-state index in [1.165, 1.54) is 6.92 Å². The molecule has 6 heteroatoms. The molecule has 2 N–H and O–H groups in total. The third kappa shape index (κ3) is 6.61. The van der Waals surface area contributed by atoms with Crippen molar-refractivity contribution in [3.8, 4) is 0 Å². The van der Waals surface area contributed by atoms with Crippen LogP contribution < -0.4 is 10.6 Å². The molecule has 0 aliphatic carbocycles. The topological polar surface area (TPSA) is 76.7 Å². The average molecular weight is 383 g/mol. The number of allylic oxidation sites excluding steroid dienone is 1. The van der Waals surface area contributed by atoms with Crippen molar-refractivity contribution in [3.05, 3.63) is 12.2 Å². The summed E-state index contributed by atoms with van der Waals surface area (Å²) in [4.78, 5) is 24.6. The van der Waals surface area contributed by atoms with Crippen molar-refractivity contribution in [2.24, 2.45) is 5.92 Å². The molecule has 0 spiro atoms. The zero-order chi connectivity index (χ0) is 20.8. The highest BCUT2D eigenvalue weighted by molar-refractivity contribution is 5.77. The maximum atomic E-state index is 12.6. The Morgan fingerprint density at radius 3 is 2.37 bits per heavy atom. The van der Waals surface area contributed by atoms with E-state index in [-0.39, 0.29) is 29.9 Å². The van der Waals surface area contributed by atoms with Gasteiger partial charge in [-0.2, -0.15) is 0 Å². The quantitative estimate of drug-likeness (QED) is 0.499. The molecular weight excluding hydrogens is 344 g/mol. The van der Waals surface area contributed by atoms with E-state index in [1.54, 1.807) is 7.11 Å². The normalized spacial score (nSPS) is 26.6. The predicted molar refractivity (Wildman–Crippen MR) is 107 cm³/mol. The van der Waals surface area contributed by atoms with Crippen LogP contribution in [0.15, 0.2) is 12.2 Å². The Labute approximate surface area is 164 Å². The number of nitrogens with one attached hydrogen (secondary N) is 2. The Hall–Kier alpha value is -1.40. The van der Waals surface area contributed by atoms with Crippen LogP contribution >= 0.6 is 0 Å². The fourth-order valence-electron chi connectivity index (χ4n) is 3.89. The van der Waals surface area contributed by atoms with Crippen LogP contribution in [0.4, 0.5) is 0 Å². The minimum Gasteiger partial charge on any atom is -0.459 e. The van der Waals surface area contributed by atoms with Crippen LogP contribution in [0.5, 0.6) is 0 Å². The molecule has 5 atom stereocenters. The number of carbonyl (C=O) groups is 2. The standard InChI is InChI=1S/C21H38N2O4/c1-9-11-15-13-16(19(25)27-20(4,5)6)23-17(15)18(22-14(3)24)21(7,26-8)12-10-2/h9,11,15-18,23H,10,12-13H2,1-8H3,(H,22,24)/b11-9-/t15-,16-,17-,18-,21+/m1/s1. The summed E-state index contributed by atoms with van der Waals surface area (Å²) in [6.45, 7) is 13.2. The monoisotopic (exact) mass is 382 g/mol. The Morgan fingerprint density at radius 1 is 1.30 bits per heavy atom. The number of methoxy groups -OCH3 is 1. The van der Waals surface area contributed by atoms with E-state index in [1.807, 2.05) is 40.7 Å². The molecule has 0 aromatic carbocycles. The fraction of sp³-hybridized carbons (Fsp3) is 0.810. The Kier molecular flexibility index (Phi) is 8.48. The highest BCUT2D eigenvalue weighted by Crippen LogP contribution is 2.33. The zero-order valence-electron chi connectivity index (χ0n) is 18.2. The summed E-state index contributed by atoms with van der Waals surface area (Å²) in [5, 5.41) is 6.51. The molecule has 1 heterocycles.